The van der Waals surface area contributed by atoms with Gasteiger partial charge in [0.25, 0.3) is 0 Å². The van der Waals surface area contributed by atoms with Crippen LogP contribution in [0.15, 0.2) is 41.4 Å². The van der Waals surface area contributed by atoms with Gasteiger partial charge in [-0.2, -0.15) is 0 Å². The minimum atomic E-state index is 0.537. The van der Waals surface area contributed by atoms with Crippen LogP contribution in [0.3, 0.4) is 0 Å². The fourth-order valence-corrected chi connectivity index (χ4v) is 4.22. The third-order valence-electron chi connectivity index (χ3n) is 6.10. The predicted molar refractivity (Wildman–Crippen MR) is 132 cm³/mol. The molecule has 7 heteroatoms. The van der Waals surface area contributed by atoms with E-state index in [4.69, 9.17) is 24.2 Å². The van der Waals surface area contributed by atoms with Crippen molar-refractivity contribution in [2.24, 2.45) is 4.99 Å². The van der Waals surface area contributed by atoms with Gasteiger partial charge in [-0.1, -0.05) is 36.8 Å². The Morgan fingerprint density at radius 3 is 2.52 bits per heavy atom. The Hall–Kier alpha value is -2.48. The smallest absolute Gasteiger partial charge is 0.215 e. The summed E-state index contributed by atoms with van der Waals surface area (Å²) in [4.78, 5) is 14.4. The van der Waals surface area contributed by atoms with Crippen LogP contribution in [0.25, 0.3) is 0 Å². The number of nitrogens with zero attached hydrogens (tertiary/aromatic N) is 4. The van der Waals surface area contributed by atoms with Crippen LogP contribution >= 0.6 is 0 Å². The highest BCUT2D eigenvalue weighted by Crippen LogP contribution is 2.23. The zero-order valence-electron chi connectivity index (χ0n) is 20.0. The van der Waals surface area contributed by atoms with E-state index in [2.05, 4.69) is 60.0 Å². The summed E-state index contributed by atoms with van der Waals surface area (Å²) in [5.74, 6) is 0.672. The number of morpholine rings is 2. The van der Waals surface area contributed by atoms with Gasteiger partial charge < -0.3 is 19.1 Å². The average Bonchev–Trinajstić information content (AvgIpc) is 2.86. The Bertz CT molecular complexity index is 922. The Morgan fingerprint density at radius 2 is 1.79 bits per heavy atom. The second kappa shape index (κ2) is 12.1. The van der Waals surface area contributed by atoms with E-state index in [1.165, 1.54) is 11.1 Å². The Balaban J connectivity index is 1.49. The predicted octanol–water partition coefficient (Wildman–Crippen LogP) is 3.34. The molecule has 2 fully saturated rings. The first kappa shape index (κ1) is 23.7. The molecule has 1 aromatic carbocycles. The third kappa shape index (κ3) is 7.00. The van der Waals surface area contributed by atoms with Gasteiger partial charge >= 0.3 is 0 Å². The number of hydrogen-bond acceptors (Lipinski definition) is 7. The van der Waals surface area contributed by atoms with Crippen LogP contribution in [-0.2, 0) is 16.0 Å². The van der Waals surface area contributed by atoms with E-state index in [9.17, 15) is 0 Å². The zero-order chi connectivity index (χ0) is 22.9. The van der Waals surface area contributed by atoms with E-state index in [-0.39, 0.29) is 0 Å². The second-order valence-electron chi connectivity index (χ2n) is 8.54. The van der Waals surface area contributed by atoms with Crippen LogP contribution in [0, 0.1) is 6.92 Å². The van der Waals surface area contributed by atoms with Crippen LogP contribution in [0.1, 0.15) is 30.2 Å². The molecule has 1 aromatic heterocycles. The molecule has 0 spiro atoms. The summed E-state index contributed by atoms with van der Waals surface area (Å²) in [7, 11) is 0. The van der Waals surface area contributed by atoms with Gasteiger partial charge in [-0.15, -0.1) is 0 Å². The fraction of sp³-hybridized carbons (Fsp3) is 0.538. The molecule has 0 bridgehead atoms. The first-order chi connectivity index (χ1) is 16.2. The van der Waals surface area contributed by atoms with Gasteiger partial charge in [0, 0.05) is 50.2 Å². The lowest BCUT2D eigenvalue weighted by Crippen LogP contribution is -2.38. The van der Waals surface area contributed by atoms with Crippen molar-refractivity contribution < 1.29 is 14.2 Å². The lowest BCUT2D eigenvalue weighted by Gasteiger charge is -2.29. The molecule has 0 radical (unpaired) electrons. The zero-order valence-corrected chi connectivity index (χ0v) is 20.0. The van der Waals surface area contributed by atoms with Crippen LogP contribution in [0.5, 0.6) is 5.88 Å². The summed E-state index contributed by atoms with van der Waals surface area (Å²) < 4.78 is 17.1. The van der Waals surface area contributed by atoms with E-state index in [1.54, 1.807) is 0 Å². The number of aliphatic imine (C=N–C) groups is 1. The third-order valence-corrected chi connectivity index (χ3v) is 6.10. The maximum absolute atomic E-state index is 6.11. The van der Waals surface area contributed by atoms with Crippen molar-refractivity contribution >= 4 is 11.4 Å². The fourth-order valence-electron chi connectivity index (χ4n) is 4.22. The average molecular weight is 453 g/mol. The topological polar surface area (TPSA) is 59.4 Å². The molecule has 0 atom stereocenters. The van der Waals surface area contributed by atoms with E-state index in [0.29, 0.717) is 19.0 Å². The minimum absolute atomic E-state index is 0.537. The highest BCUT2D eigenvalue weighted by molar-refractivity contribution is 6.00. The molecule has 0 unspecified atom stereocenters. The number of rotatable bonds is 9. The summed E-state index contributed by atoms with van der Waals surface area (Å²) in [5.41, 5.74) is 5.60. The van der Waals surface area contributed by atoms with Crippen LogP contribution in [0.2, 0.25) is 0 Å². The molecular formula is C26H36N4O3. The van der Waals surface area contributed by atoms with E-state index < -0.39 is 0 Å². The molecule has 4 rings (SSSR count). The monoisotopic (exact) mass is 452 g/mol. The number of pyridine rings is 1. The number of benzene rings is 1. The minimum Gasteiger partial charge on any atom is -0.476 e. The van der Waals surface area contributed by atoms with E-state index >= 15 is 0 Å². The molecule has 2 saturated heterocycles. The number of ether oxygens (including phenoxy) is 3. The number of aryl methyl sites for hydroxylation is 1. The molecule has 0 amide bonds. The Morgan fingerprint density at radius 1 is 1.03 bits per heavy atom. The molecule has 2 aliphatic heterocycles. The maximum Gasteiger partial charge on any atom is 0.215 e. The van der Waals surface area contributed by atoms with Gasteiger partial charge in [0.1, 0.15) is 6.61 Å². The molecule has 7 nitrogen and oxygen atoms in total. The van der Waals surface area contributed by atoms with Crippen molar-refractivity contribution in [2.45, 2.75) is 26.8 Å². The van der Waals surface area contributed by atoms with Crippen molar-refractivity contribution in [3.05, 3.63) is 53.2 Å². The molecule has 3 heterocycles. The van der Waals surface area contributed by atoms with Gasteiger partial charge in [-0.05, 0) is 25.0 Å². The van der Waals surface area contributed by atoms with Crippen molar-refractivity contribution in [3.63, 3.8) is 0 Å². The molecule has 2 aromatic rings. The van der Waals surface area contributed by atoms with Gasteiger partial charge in [-0.3, -0.25) is 9.89 Å². The number of aromatic nitrogens is 1. The Kier molecular flexibility index (Phi) is 8.69. The van der Waals surface area contributed by atoms with Crippen LogP contribution in [-0.4, -0.2) is 81.4 Å². The van der Waals surface area contributed by atoms with E-state index in [0.717, 1.165) is 82.7 Å². The summed E-state index contributed by atoms with van der Waals surface area (Å²) in [6, 6.07) is 12.7. The maximum atomic E-state index is 6.11. The first-order valence-electron chi connectivity index (χ1n) is 12.1. The van der Waals surface area contributed by atoms with Crippen molar-refractivity contribution in [1.29, 1.82) is 0 Å². The van der Waals surface area contributed by atoms with Gasteiger partial charge in [0.15, 0.2) is 0 Å². The van der Waals surface area contributed by atoms with Crippen molar-refractivity contribution in [2.75, 3.05) is 70.7 Å². The number of hydrogen-bond donors (Lipinski definition) is 0. The van der Waals surface area contributed by atoms with Gasteiger partial charge in [0.05, 0.1) is 38.7 Å². The number of anilines is 1. The summed E-state index contributed by atoms with van der Waals surface area (Å²) >= 11 is 0. The molecule has 2 aliphatic rings. The summed E-state index contributed by atoms with van der Waals surface area (Å²) in [6.45, 7) is 13.1. The van der Waals surface area contributed by atoms with Crippen molar-refractivity contribution in [1.82, 2.24) is 9.88 Å². The second-order valence-corrected chi connectivity index (χ2v) is 8.54. The first-order valence-corrected chi connectivity index (χ1v) is 12.1. The lowest BCUT2D eigenvalue weighted by molar-refractivity contribution is 0.0320. The quantitative estimate of drug-likeness (QED) is 0.544. The molecule has 0 aliphatic carbocycles. The Labute approximate surface area is 197 Å². The molecule has 33 heavy (non-hydrogen) atoms. The SMILES string of the molecule is CCC(=NCc1cc(N2CCOCC2)cc(OCCN2CCOCC2)n1)c1cccc(C)c1. The highest BCUT2D eigenvalue weighted by Gasteiger charge is 2.15. The summed E-state index contributed by atoms with van der Waals surface area (Å²) in [5, 5.41) is 0. The normalized spacial score (nSPS) is 17.9. The molecule has 0 saturated carbocycles. The highest BCUT2D eigenvalue weighted by atomic mass is 16.5. The molecule has 0 N–H and O–H groups in total. The lowest BCUT2D eigenvalue weighted by atomic mass is 10.1. The van der Waals surface area contributed by atoms with Crippen LogP contribution < -0.4 is 9.64 Å². The molecule has 178 valence electrons. The van der Waals surface area contributed by atoms with Gasteiger partial charge in [-0.25, -0.2) is 4.98 Å². The molecular weight excluding hydrogens is 416 g/mol. The van der Waals surface area contributed by atoms with E-state index in [1.807, 2.05) is 0 Å². The van der Waals surface area contributed by atoms with Crippen LogP contribution in [0.4, 0.5) is 5.69 Å². The van der Waals surface area contributed by atoms with Gasteiger partial charge in [0.2, 0.25) is 5.88 Å². The largest absolute Gasteiger partial charge is 0.476 e. The standard InChI is InChI=1S/C26H36N4O3/c1-3-25(22-6-4-5-21(2)17-22)27-20-23-18-24(30-10-14-32-15-11-30)19-26(28-23)33-16-9-29-7-12-31-13-8-29/h4-6,17-19H,3,7-16,20H2,1-2H3. The van der Waals surface area contributed by atoms with Crippen molar-refractivity contribution in [3.8, 4) is 5.88 Å². The summed E-state index contributed by atoms with van der Waals surface area (Å²) in [6.07, 6.45) is 0.884.